The third-order valence-electron chi connectivity index (χ3n) is 5.24. The fourth-order valence-corrected chi connectivity index (χ4v) is 3.31. The molecule has 0 bridgehead atoms. The van der Waals surface area contributed by atoms with Gasteiger partial charge < -0.3 is 15.4 Å². The smallest absolute Gasteiger partial charge is 0.267 e. The van der Waals surface area contributed by atoms with E-state index >= 15 is 0 Å². The fourth-order valence-electron chi connectivity index (χ4n) is 3.31. The lowest BCUT2D eigenvalue weighted by Gasteiger charge is -2.26. The van der Waals surface area contributed by atoms with E-state index in [1.807, 2.05) is 50.2 Å². The minimum absolute atomic E-state index is 0.237. The van der Waals surface area contributed by atoms with E-state index in [0.717, 1.165) is 56.0 Å². The highest BCUT2D eigenvalue weighted by Crippen LogP contribution is 2.10. The molecule has 2 N–H and O–H groups in total. The summed E-state index contributed by atoms with van der Waals surface area (Å²) in [5.74, 6) is -0.593. The van der Waals surface area contributed by atoms with Gasteiger partial charge in [-0.2, -0.15) is 0 Å². The highest BCUT2D eigenvalue weighted by molar-refractivity contribution is 6.05. The third kappa shape index (κ3) is 7.35. The van der Waals surface area contributed by atoms with Crippen LogP contribution in [0.4, 0.5) is 0 Å². The monoisotopic (exact) mass is 421 g/mol. The zero-order valence-corrected chi connectivity index (χ0v) is 18.3. The lowest BCUT2D eigenvalue weighted by molar-refractivity contribution is -0.117. The first-order chi connectivity index (χ1) is 15.0. The van der Waals surface area contributed by atoms with Crippen molar-refractivity contribution in [1.82, 2.24) is 15.5 Å². The molecule has 2 aromatic carbocycles. The van der Waals surface area contributed by atoms with Crippen LogP contribution in [0.3, 0.4) is 0 Å². The second-order valence-electron chi connectivity index (χ2n) is 7.85. The zero-order valence-electron chi connectivity index (χ0n) is 18.3. The molecule has 1 aliphatic rings. The highest BCUT2D eigenvalue weighted by Gasteiger charge is 2.15. The quantitative estimate of drug-likeness (QED) is 0.508. The fraction of sp³-hybridized carbons (Fsp3) is 0.360. The molecular formula is C25H31N3O3. The Hall–Kier alpha value is -2.96. The van der Waals surface area contributed by atoms with Gasteiger partial charge in [0.2, 0.25) is 0 Å². The van der Waals surface area contributed by atoms with Crippen LogP contribution < -0.4 is 10.6 Å². The van der Waals surface area contributed by atoms with Gasteiger partial charge in [-0.1, -0.05) is 47.5 Å². The van der Waals surface area contributed by atoms with Crippen LogP contribution >= 0.6 is 0 Å². The van der Waals surface area contributed by atoms with Crippen molar-refractivity contribution in [1.29, 1.82) is 0 Å². The van der Waals surface area contributed by atoms with E-state index in [4.69, 9.17) is 4.74 Å². The predicted octanol–water partition coefficient (Wildman–Crippen LogP) is 2.91. The Bertz CT molecular complexity index is 899. The van der Waals surface area contributed by atoms with Gasteiger partial charge in [-0.05, 0) is 50.6 Å². The van der Waals surface area contributed by atoms with Crippen LogP contribution in [-0.2, 0) is 9.53 Å². The van der Waals surface area contributed by atoms with Crippen molar-refractivity contribution < 1.29 is 14.3 Å². The summed E-state index contributed by atoms with van der Waals surface area (Å²) in [6, 6.07) is 15.1. The summed E-state index contributed by atoms with van der Waals surface area (Å²) < 4.78 is 5.36. The standard InChI is InChI=1S/C25H31N3O3/c1-19-4-8-21(9-5-19)18-23(27-24(29)22-10-6-20(2)7-11-22)25(30)26-12-3-13-28-14-16-31-17-15-28/h4-11,18H,3,12-17H2,1-2H3,(H,26,30)(H,27,29). The molecule has 0 aliphatic carbocycles. The lowest BCUT2D eigenvalue weighted by atomic mass is 10.1. The van der Waals surface area contributed by atoms with Gasteiger partial charge >= 0.3 is 0 Å². The molecule has 6 heteroatoms. The number of nitrogens with one attached hydrogen (secondary N) is 2. The Morgan fingerprint density at radius 1 is 0.968 bits per heavy atom. The van der Waals surface area contributed by atoms with Crippen molar-refractivity contribution in [3.63, 3.8) is 0 Å². The molecule has 1 saturated heterocycles. The molecule has 1 heterocycles. The minimum Gasteiger partial charge on any atom is -0.379 e. The number of benzene rings is 2. The second-order valence-corrected chi connectivity index (χ2v) is 7.85. The molecule has 1 aliphatic heterocycles. The molecular weight excluding hydrogens is 390 g/mol. The summed E-state index contributed by atoms with van der Waals surface area (Å²) in [7, 11) is 0. The normalized spacial score (nSPS) is 14.8. The molecule has 0 spiro atoms. The van der Waals surface area contributed by atoms with Crippen molar-refractivity contribution >= 4 is 17.9 Å². The number of ether oxygens (including phenoxy) is 1. The number of rotatable bonds is 8. The number of nitrogens with zero attached hydrogens (tertiary/aromatic N) is 1. The molecule has 0 radical (unpaired) electrons. The number of aryl methyl sites for hydroxylation is 2. The van der Waals surface area contributed by atoms with Gasteiger partial charge in [-0.15, -0.1) is 0 Å². The van der Waals surface area contributed by atoms with Gasteiger partial charge in [0.1, 0.15) is 5.70 Å². The second kappa shape index (κ2) is 11.4. The van der Waals surface area contributed by atoms with Gasteiger partial charge in [0.15, 0.2) is 0 Å². The molecule has 0 saturated carbocycles. The Labute approximate surface area is 184 Å². The summed E-state index contributed by atoms with van der Waals surface area (Å²) in [6.45, 7) is 8.82. The topological polar surface area (TPSA) is 70.7 Å². The molecule has 0 unspecified atom stereocenters. The van der Waals surface area contributed by atoms with Gasteiger partial charge in [-0.25, -0.2) is 0 Å². The Morgan fingerprint density at radius 2 is 1.58 bits per heavy atom. The average Bonchev–Trinajstić information content (AvgIpc) is 2.78. The minimum atomic E-state index is -0.304. The van der Waals surface area contributed by atoms with Crippen LogP contribution in [-0.4, -0.2) is 56.1 Å². The first-order valence-electron chi connectivity index (χ1n) is 10.8. The van der Waals surface area contributed by atoms with Gasteiger partial charge in [0.25, 0.3) is 11.8 Å². The van der Waals surface area contributed by atoms with E-state index in [-0.39, 0.29) is 17.5 Å². The van der Waals surface area contributed by atoms with Crippen LogP contribution in [0.25, 0.3) is 6.08 Å². The molecule has 0 aromatic heterocycles. The van der Waals surface area contributed by atoms with Crippen molar-refractivity contribution in [2.24, 2.45) is 0 Å². The van der Waals surface area contributed by atoms with Crippen LogP contribution in [0.2, 0.25) is 0 Å². The summed E-state index contributed by atoms with van der Waals surface area (Å²) in [4.78, 5) is 27.9. The molecule has 2 aromatic rings. The predicted molar refractivity (Wildman–Crippen MR) is 123 cm³/mol. The molecule has 1 fully saturated rings. The first kappa shape index (κ1) is 22.7. The van der Waals surface area contributed by atoms with E-state index in [1.54, 1.807) is 18.2 Å². The van der Waals surface area contributed by atoms with Crippen molar-refractivity contribution in [3.8, 4) is 0 Å². The summed E-state index contributed by atoms with van der Waals surface area (Å²) in [5, 5.41) is 5.73. The Kier molecular flexibility index (Phi) is 8.38. The zero-order chi connectivity index (χ0) is 22.1. The van der Waals surface area contributed by atoms with E-state index in [0.29, 0.717) is 12.1 Å². The summed E-state index contributed by atoms with van der Waals surface area (Å²) >= 11 is 0. The van der Waals surface area contributed by atoms with E-state index in [2.05, 4.69) is 15.5 Å². The van der Waals surface area contributed by atoms with Crippen LogP contribution in [0, 0.1) is 13.8 Å². The van der Waals surface area contributed by atoms with Crippen molar-refractivity contribution in [3.05, 3.63) is 76.5 Å². The number of carbonyl (C=O) groups excluding carboxylic acids is 2. The van der Waals surface area contributed by atoms with E-state index in [1.165, 1.54) is 0 Å². The number of hydrogen-bond acceptors (Lipinski definition) is 4. The van der Waals surface area contributed by atoms with Gasteiger partial charge in [0.05, 0.1) is 13.2 Å². The van der Waals surface area contributed by atoms with Crippen molar-refractivity contribution in [2.45, 2.75) is 20.3 Å². The SMILES string of the molecule is Cc1ccc(C=C(NC(=O)c2ccc(C)cc2)C(=O)NCCCN2CCOCC2)cc1. The third-order valence-corrected chi connectivity index (χ3v) is 5.24. The van der Waals surface area contributed by atoms with Crippen LogP contribution in [0.1, 0.15) is 33.5 Å². The summed E-state index contributed by atoms with van der Waals surface area (Å²) in [5.41, 5.74) is 3.81. The van der Waals surface area contributed by atoms with E-state index < -0.39 is 0 Å². The maximum absolute atomic E-state index is 12.9. The average molecular weight is 422 g/mol. The molecule has 31 heavy (non-hydrogen) atoms. The molecule has 6 nitrogen and oxygen atoms in total. The van der Waals surface area contributed by atoms with Gasteiger partial charge in [0, 0.05) is 25.2 Å². The number of morpholine rings is 1. The first-order valence-corrected chi connectivity index (χ1v) is 10.8. The Balaban J connectivity index is 1.64. The maximum Gasteiger partial charge on any atom is 0.267 e. The number of hydrogen-bond donors (Lipinski definition) is 2. The lowest BCUT2D eigenvalue weighted by Crippen LogP contribution is -2.39. The number of amides is 2. The molecule has 2 amide bonds. The molecule has 164 valence electrons. The van der Waals surface area contributed by atoms with Crippen LogP contribution in [0.5, 0.6) is 0 Å². The molecule has 0 atom stereocenters. The number of carbonyl (C=O) groups is 2. The highest BCUT2D eigenvalue weighted by atomic mass is 16.5. The summed E-state index contributed by atoms with van der Waals surface area (Å²) in [6.07, 6.45) is 2.55. The Morgan fingerprint density at radius 3 is 2.23 bits per heavy atom. The molecule has 3 rings (SSSR count). The largest absolute Gasteiger partial charge is 0.379 e. The maximum atomic E-state index is 12.9. The van der Waals surface area contributed by atoms with E-state index in [9.17, 15) is 9.59 Å². The van der Waals surface area contributed by atoms with Crippen LogP contribution in [0.15, 0.2) is 54.2 Å². The van der Waals surface area contributed by atoms with Gasteiger partial charge in [-0.3, -0.25) is 14.5 Å². The van der Waals surface area contributed by atoms with Crippen molar-refractivity contribution in [2.75, 3.05) is 39.4 Å².